The summed E-state index contributed by atoms with van der Waals surface area (Å²) in [5.41, 5.74) is -0.0915. The maximum absolute atomic E-state index is 13.2. The molecule has 1 aliphatic heterocycles. The van der Waals surface area contributed by atoms with Gasteiger partial charge in [-0.15, -0.1) is 0 Å². The minimum Gasteiger partial charge on any atom is -0.493 e. The Balaban J connectivity index is 2.20. The predicted octanol–water partition coefficient (Wildman–Crippen LogP) is 4.05. The molecule has 0 saturated carbocycles. The molecule has 4 atom stereocenters. The van der Waals surface area contributed by atoms with Gasteiger partial charge in [0.25, 0.3) is 5.91 Å². The lowest BCUT2D eigenvalue weighted by Gasteiger charge is -2.31. The third kappa shape index (κ3) is 9.50. The van der Waals surface area contributed by atoms with Crippen molar-refractivity contribution in [2.24, 2.45) is 11.8 Å². The van der Waals surface area contributed by atoms with Crippen LogP contribution in [0.2, 0.25) is 0 Å². The smallest absolute Gasteiger partial charge is 0.329 e. The van der Waals surface area contributed by atoms with Crippen LogP contribution in [0.4, 0.5) is 0 Å². The van der Waals surface area contributed by atoms with Crippen LogP contribution in [-0.4, -0.2) is 61.6 Å². The fourth-order valence-corrected chi connectivity index (χ4v) is 4.39. The first-order valence-corrected chi connectivity index (χ1v) is 13.1. The maximum Gasteiger partial charge on any atom is 0.329 e. The predicted molar refractivity (Wildman–Crippen MR) is 136 cm³/mol. The van der Waals surface area contributed by atoms with E-state index in [0.717, 1.165) is 32.1 Å². The van der Waals surface area contributed by atoms with Crippen molar-refractivity contribution in [3.05, 3.63) is 18.0 Å². The molecular weight excluding hydrogens is 480 g/mol. The van der Waals surface area contributed by atoms with Crippen molar-refractivity contribution in [3.8, 4) is 11.5 Å². The number of nitrogens with zero attached hydrogens (tertiary/aromatic N) is 1. The van der Waals surface area contributed by atoms with E-state index in [2.05, 4.69) is 31.1 Å². The number of hydrogen-bond acceptors (Lipinski definition) is 9. The molecule has 1 aromatic heterocycles. The summed E-state index contributed by atoms with van der Waals surface area (Å²) >= 11 is 0. The van der Waals surface area contributed by atoms with Crippen LogP contribution in [-0.2, 0) is 23.8 Å². The number of aromatic nitrogens is 1. The van der Waals surface area contributed by atoms with Crippen LogP contribution in [0.15, 0.2) is 12.3 Å². The highest BCUT2D eigenvalue weighted by Crippen LogP contribution is 2.31. The van der Waals surface area contributed by atoms with Gasteiger partial charge in [-0.3, -0.25) is 9.59 Å². The minimum absolute atomic E-state index is 0.00957. The average molecular weight is 523 g/mol. The number of ether oxygens (including phenoxy) is 5. The number of methoxy groups -OCH3 is 1. The standard InChI is InChI=1S/C27H42N2O8/c1-7-15-34-24-18(4)37-27(32)21(10-8-9-20(24)12-11-17(2)3)29-26(31)23-25(36-16-35-19(5)30)22(33-6)13-14-28-23/h13-14,17-18,20-21,24H,7-12,15-16H2,1-6H3,(H,29,31). The molecular formula is C27H42N2O8. The second-order valence-corrected chi connectivity index (χ2v) is 9.75. The third-order valence-corrected chi connectivity index (χ3v) is 6.28. The van der Waals surface area contributed by atoms with Crippen LogP contribution in [0, 0.1) is 11.8 Å². The number of amides is 1. The summed E-state index contributed by atoms with van der Waals surface area (Å²) in [6, 6.07) is 0.656. The molecule has 0 bridgehead atoms. The van der Waals surface area contributed by atoms with Crippen molar-refractivity contribution in [2.45, 2.75) is 91.4 Å². The quantitative estimate of drug-likeness (QED) is 0.320. The summed E-state index contributed by atoms with van der Waals surface area (Å²) in [4.78, 5) is 41.6. The molecule has 1 saturated heterocycles. The number of pyridine rings is 1. The first-order chi connectivity index (χ1) is 17.7. The van der Waals surface area contributed by atoms with Crippen LogP contribution in [0.25, 0.3) is 0 Å². The Morgan fingerprint density at radius 1 is 1.27 bits per heavy atom. The molecule has 208 valence electrons. The fourth-order valence-electron chi connectivity index (χ4n) is 4.39. The van der Waals surface area contributed by atoms with Gasteiger partial charge in [-0.05, 0) is 44.4 Å². The van der Waals surface area contributed by atoms with E-state index in [1.165, 1.54) is 26.3 Å². The Hall–Kier alpha value is -2.88. The number of cyclic esters (lactones) is 1. The molecule has 1 amide bonds. The molecule has 0 spiro atoms. The number of esters is 2. The van der Waals surface area contributed by atoms with Crippen molar-refractivity contribution in [1.29, 1.82) is 0 Å². The van der Waals surface area contributed by atoms with Gasteiger partial charge >= 0.3 is 11.9 Å². The molecule has 1 fully saturated rings. The lowest BCUT2D eigenvalue weighted by atomic mass is 9.86. The van der Waals surface area contributed by atoms with Crippen molar-refractivity contribution in [1.82, 2.24) is 10.3 Å². The highest BCUT2D eigenvalue weighted by atomic mass is 16.7. The number of rotatable bonds is 12. The molecule has 0 radical (unpaired) electrons. The maximum atomic E-state index is 13.2. The molecule has 0 aromatic carbocycles. The van der Waals surface area contributed by atoms with Crippen LogP contribution in [0.3, 0.4) is 0 Å². The summed E-state index contributed by atoms with van der Waals surface area (Å²) in [6.07, 6.45) is 5.68. The van der Waals surface area contributed by atoms with Crippen molar-refractivity contribution < 1.29 is 38.1 Å². The molecule has 2 heterocycles. The summed E-state index contributed by atoms with van der Waals surface area (Å²) in [7, 11) is 1.42. The number of hydrogen-bond donors (Lipinski definition) is 1. The van der Waals surface area contributed by atoms with Crippen LogP contribution in [0.1, 0.15) is 83.6 Å². The monoisotopic (exact) mass is 522 g/mol. The highest BCUT2D eigenvalue weighted by Gasteiger charge is 2.35. The lowest BCUT2D eigenvalue weighted by molar-refractivity contribution is -0.161. The SMILES string of the molecule is CCCOC1C(CCC(C)C)CCCC(NC(=O)c2nccc(OC)c2OCOC(C)=O)C(=O)OC1C. The van der Waals surface area contributed by atoms with E-state index < -0.39 is 36.8 Å². The van der Waals surface area contributed by atoms with E-state index in [0.29, 0.717) is 18.9 Å². The van der Waals surface area contributed by atoms with Crippen LogP contribution >= 0.6 is 0 Å². The van der Waals surface area contributed by atoms with E-state index in [1.807, 2.05) is 6.92 Å². The summed E-state index contributed by atoms with van der Waals surface area (Å²) < 4.78 is 27.6. The highest BCUT2D eigenvalue weighted by molar-refractivity contribution is 5.98. The van der Waals surface area contributed by atoms with Gasteiger partial charge in [-0.1, -0.05) is 33.6 Å². The fraction of sp³-hybridized carbons (Fsp3) is 0.704. The van der Waals surface area contributed by atoms with Gasteiger partial charge in [0.05, 0.1) is 13.2 Å². The topological polar surface area (TPSA) is 122 Å². The summed E-state index contributed by atoms with van der Waals surface area (Å²) in [5, 5.41) is 2.75. The Morgan fingerprint density at radius 3 is 2.68 bits per heavy atom. The van der Waals surface area contributed by atoms with Gasteiger partial charge in [0, 0.05) is 25.8 Å². The zero-order chi connectivity index (χ0) is 27.4. The van der Waals surface area contributed by atoms with Crippen LogP contribution < -0.4 is 14.8 Å². The number of carbonyl (C=O) groups is 3. The van der Waals surface area contributed by atoms with E-state index in [4.69, 9.17) is 23.7 Å². The molecule has 10 nitrogen and oxygen atoms in total. The zero-order valence-electron chi connectivity index (χ0n) is 22.9. The van der Waals surface area contributed by atoms with Gasteiger partial charge in [0.1, 0.15) is 12.1 Å². The summed E-state index contributed by atoms with van der Waals surface area (Å²) in [5.74, 6) is -0.604. The normalized spacial score (nSPS) is 22.3. The Bertz CT molecular complexity index is 891. The zero-order valence-corrected chi connectivity index (χ0v) is 22.9. The van der Waals surface area contributed by atoms with E-state index >= 15 is 0 Å². The molecule has 1 aliphatic rings. The van der Waals surface area contributed by atoms with Gasteiger partial charge in [-0.25, -0.2) is 9.78 Å². The van der Waals surface area contributed by atoms with Crippen molar-refractivity contribution >= 4 is 17.8 Å². The number of nitrogens with one attached hydrogen (secondary N) is 1. The third-order valence-electron chi connectivity index (χ3n) is 6.28. The Kier molecular flexibility index (Phi) is 12.6. The number of carbonyl (C=O) groups excluding carboxylic acids is 3. The molecule has 2 rings (SSSR count). The van der Waals surface area contributed by atoms with E-state index in [9.17, 15) is 14.4 Å². The second kappa shape index (κ2) is 15.4. The van der Waals surface area contributed by atoms with E-state index in [1.54, 1.807) is 0 Å². The Morgan fingerprint density at radius 2 is 2.03 bits per heavy atom. The summed E-state index contributed by atoms with van der Waals surface area (Å²) in [6.45, 7) is 9.73. The largest absolute Gasteiger partial charge is 0.493 e. The molecule has 1 N–H and O–H groups in total. The van der Waals surface area contributed by atoms with Gasteiger partial charge in [-0.2, -0.15) is 0 Å². The average Bonchev–Trinajstić information content (AvgIpc) is 2.90. The molecule has 10 heteroatoms. The molecule has 1 aromatic rings. The molecule has 0 aliphatic carbocycles. The minimum atomic E-state index is -0.861. The van der Waals surface area contributed by atoms with Crippen LogP contribution in [0.5, 0.6) is 11.5 Å². The van der Waals surface area contributed by atoms with E-state index in [-0.39, 0.29) is 29.2 Å². The molecule has 4 unspecified atom stereocenters. The van der Waals surface area contributed by atoms with Gasteiger partial charge < -0.3 is 29.0 Å². The van der Waals surface area contributed by atoms with Crippen molar-refractivity contribution in [2.75, 3.05) is 20.5 Å². The first kappa shape index (κ1) is 30.3. The first-order valence-electron chi connectivity index (χ1n) is 13.1. The van der Waals surface area contributed by atoms with Crippen molar-refractivity contribution in [3.63, 3.8) is 0 Å². The van der Waals surface area contributed by atoms with Gasteiger partial charge in [0.15, 0.2) is 17.2 Å². The Labute approximate surface area is 219 Å². The lowest BCUT2D eigenvalue weighted by Crippen LogP contribution is -2.44. The second-order valence-electron chi connectivity index (χ2n) is 9.75. The van der Waals surface area contributed by atoms with Gasteiger partial charge in [0.2, 0.25) is 6.79 Å². The molecule has 37 heavy (non-hydrogen) atoms.